The summed E-state index contributed by atoms with van der Waals surface area (Å²) in [6.07, 6.45) is 5.37. The smallest absolute Gasteiger partial charge is 0.343 e. The summed E-state index contributed by atoms with van der Waals surface area (Å²) in [5.74, 6) is 1.99. The number of unbranched alkanes of at least 4 members (excludes halogenated alkanes) is 2. The molecule has 2 aliphatic heterocycles. The van der Waals surface area contributed by atoms with Crippen LogP contribution in [0.1, 0.15) is 112 Å². The first-order valence-electron chi connectivity index (χ1n) is 24.3. The number of fused-ring (bicyclic) bond motifs is 5. The van der Waals surface area contributed by atoms with Crippen LogP contribution in [0.4, 0.5) is 4.39 Å². The molecule has 2 aliphatic rings. The molecule has 0 bridgehead atoms. The molecule has 6 rings (SSSR count). The van der Waals surface area contributed by atoms with Gasteiger partial charge >= 0.3 is 5.97 Å². The van der Waals surface area contributed by atoms with Crippen LogP contribution in [0.15, 0.2) is 46.6 Å². The number of ether oxygens (including phenoxy) is 2. The summed E-state index contributed by atoms with van der Waals surface area (Å²) in [6, 6.07) is 4.54. The first-order valence-corrected chi connectivity index (χ1v) is 26.2. The first kappa shape index (κ1) is 55.6. The van der Waals surface area contributed by atoms with Crippen molar-refractivity contribution in [1.29, 1.82) is 0 Å². The molecule has 73 heavy (non-hydrogen) atoms. The van der Waals surface area contributed by atoms with E-state index < -0.39 is 75.2 Å². The molecule has 0 aliphatic carbocycles. The van der Waals surface area contributed by atoms with Crippen molar-refractivity contribution in [1.82, 2.24) is 45.7 Å². The number of hydrogen-bond donors (Lipinski definition) is 5. The largest absolute Gasteiger partial charge is 0.455 e. The minimum absolute atomic E-state index is 0.0561. The average Bonchev–Trinajstić information content (AvgIpc) is 3.70. The van der Waals surface area contributed by atoms with Crippen LogP contribution in [-0.4, -0.2) is 126 Å². The lowest BCUT2D eigenvalue weighted by Crippen LogP contribution is -2.56. The van der Waals surface area contributed by atoms with Crippen molar-refractivity contribution in [2.45, 2.75) is 121 Å². The summed E-state index contributed by atoms with van der Waals surface area (Å²) >= 11 is 0. The molecule has 3 aromatic heterocycles. The van der Waals surface area contributed by atoms with Gasteiger partial charge in [-0.3, -0.25) is 24.0 Å². The zero-order valence-electron chi connectivity index (χ0n) is 42.2. The van der Waals surface area contributed by atoms with Crippen LogP contribution in [-0.2, 0) is 55.4 Å². The molecule has 1 aromatic carbocycles. The second-order valence-electron chi connectivity index (χ2n) is 19.0. The minimum Gasteiger partial charge on any atom is -0.455 e. The molecular formula is C51H64FN9O11S. The standard InChI is InChI=1S/C51H64FN9O11S/c1-8-51(68)35-23-39-45-34(22-33-21-31(4)36(52)24-38(33)57-45)28-61(39)48(66)43(35)40(72-49(51)67)17-14-20-71-29-56-42(63)27-53-46(64)37(16-12-13-19-60(5)6)58-47(65)44(30(2)3)59-41(62)18-11-9-10-15-32-25-54-50(55-26-32)73(7,69)70/h21-26,30,37,40,44,68H,8-9,11-14,16-20,27-29H2,1-7H3,(H,53,64)(H,56,63)(H,58,65)(H,59,62)/t37-,40?,44-,51-/m0/s1. The zero-order valence-corrected chi connectivity index (χ0v) is 43.0. The number of benzene rings is 1. The average molecular weight is 1030 g/mol. The number of rotatable bonds is 23. The van der Waals surface area contributed by atoms with Crippen LogP contribution in [0.3, 0.4) is 0 Å². The Kier molecular flexibility index (Phi) is 18.6. The summed E-state index contributed by atoms with van der Waals surface area (Å²) in [5.41, 5.74) is 0.660. The normalized spacial score (nSPS) is 16.6. The van der Waals surface area contributed by atoms with Gasteiger partial charge < -0.3 is 45.3 Å². The lowest BCUT2D eigenvalue weighted by atomic mass is 9.82. The summed E-state index contributed by atoms with van der Waals surface area (Å²) < 4.78 is 50.5. The lowest BCUT2D eigenvalue weighted by molar-refractivity contribution is -0.178. The van der Waals surface area contributed by atoms with Gasteiger partial charge in [0.25, 0.3) is 5.56 Å². The molecule has 20 nitrogen and oxygen atoms in total. The van der Waals surface area contributed by atoms with Gasteiger partial charge in [-0.15, -0.1) is 0 Å². The molecule has 0 saturated heterocycles. The summed E-state index contributed by atoms with van der Waals surface area (Å²) in [6.45, 7) is 7.17. The number of aliphatic hydroxyl groups is 1. The Bertz CT molecular complexity index is 2970. The van der Waals surface area contributed by atoms with Gasteiger partial charge in [0.15, 0.2) is 5.60 Å². The van der Waals surface area contributed by atoms with Gasteiger partial charge in [0.05, 0.1) is 41.1 Å². The van der Waals surface area contributed by atoms with Crippen LogP contribution >= 0.6 is 0 Å². The van der Waals surface area contributed by atoms with Crippen LogP contribution < -0.4 is 26.8 Å². The van der Waals surface area contributed by atoms with Crippen LogP contribution in [0.2, 0.25) is 0 Å². The highest BCUT2D eigenvalue weighted by atomic mass is 32.2. The van der Waals surface area contributed by atoms with E-state index in [2.05, 4.69) is 48.1 Å². The van der Waals surface area contributed by atoms with Crippen molar-refractivity contribution >= 4 is 50.3 Å². The van der Waals surface area contributed by atoms with Crippen molar-refractivity contribution in [2.75, 3.05) is 46.8 Å². The number of halogens is 1. The zero-order chi connectivity index (χ0) is 53.2. The van der Waals surface area contributed by atoms with Crippen LogP contribution in [0.25, 0.3) is 22.3 Å². The van der Waals surface area contributed by atoms with E-state index in [1.54, 1.807) is 39.8 Å². The maximum atomic E-state index is 14.5. The second-order valence-corrected chi connectivity index (χ2v) is 20.9. The Hall–Kier alpha value is -6.67. The first-order chi connectivity index (χ1) is 34.6. The fourth-order valence-corrected chi connectivity index (χ4v) is 9.05. The van der Waals surface area contributed by atoms with Gasteiger partial charge in [-0.1, -0.05) is 32.6 Å². The van der Waals surface area contributed by atoms with Gasteiger partial charge in [-0.2, -0.15) is 0 Å². The Morgan fingerprint density at radius 1 is 1.01 bits per heavy atom. The van der Waals surface area contributed by atoms with Gasteiger partial charge in [-0.25, -0.2) is 32.6 Å². The third-order valence-corrected chi connectivity index (χ3v) is 13.5. The number of amides is 4. The molecule has 4 atom stereocenters. The molecule has 0 saturated carbocycles. The van der Waals surface area contributed by atoms with E-state index >= 15 is 0 Å². The highest BCUT2D eigenvalue weighted by Gasteiger charge is 2.48. The Morgan fingerprint density at radius 2 is 1.75 bits per heavy atom. The number of esters is 1. The molecule has 5 N–H and O–H groups in total. The topological polar surface area (TPSA) is 270 Å². The van der Waals surface area contributed by atoms with E-state index in [1.165, 1.54) is 23.0 Å². The maximum absolute atomic E-state index is 14.5. The molecular weight excluding hydrogens is 966 g/mol. The Balaban J connectivity index is 0.976. The quantitative estimate of drug-likeness (QED) is 0.0207. The number of nitrogens with one attached hydrogen (secondary N) is 4. The van der Waals surface area contributed by atoms with Crippen molar-refractivity contribution in [2.24, 2.45) is 5.92 Å². The number of carbonyl (C=O) groups is 5. The summed E-state index contributed by atoms with van der Waals surface area (Å²) in [5, 5.41) is 22.7. The van der Waals surface area contributed by atoms with Crippen molar-refractivity contribution < 1.29 is 51.4 Å². The van der Waals surface area contributed by atoms with E-state index in [4.69, 9.17) is 9.47 Å². The highest BCUT2D eigenvalue weighted by Crippen LogP contribution is 2.43. The summed E-state index contributed by atoms with van der Waals surface area (Å²) in [7, 11) is 0.305. The number of carbonyl (C=O) groups excluding carboxylic acids is 5. The molecule has 392 valence electrons. The number of nitrogens with zero attached hydrogens (tertiary/aromatic N) is 5. The van der Waals surface area contributed by atoms with Crippen LogP contribution in [0.5, 0.6) is 0 Å². The van der Waals surface area contributed by atoms with Gasteiger partial charge in [0.1, 0.15) is 30.7 Å². The van der Waals surface area contributed by atoms with Gasteiger partial charge in [-0.05, 0) is 102 Å². The molecule has 5 heterocycles. The minimum atomic E-state index is -3.54. The van der Waals surface area contributed by atoms with Crippen molar-refractivity contribution in [3.63, 3.8) is 0 Å². The molecule has 22 heteroatoms. The second kappa shape index (κ2) is 24.4. The van der Waals surface area contributed by atoms with E-state index in [-0.39, 0.29) is 73.7 Å². The molecule has 4 aromatic rings. The number of pyridine rings is 2. The third kappa shape index (κ3) is 13.9. The highest BCUT2D eigenvalue weighted by molar-refractivity contribution is 7.90. The molecule has 0 spiro atoms. The fourth-order valence-electron chi connectivity index (χ4n) is 8.56. The lowest BCUT2D eigenvalue weighted by Gasteiger charge is -2.36. The Morgan fingerprint density at radius 3 is 2.44 bits per heavy atom. The van der Waals surface area contributed by atoms with Crippen molar-refractivity contribution in [3.8, 4) is 23.2 Å². The number of cyclic esters (lactones) is 1. The number of aryl methyl sites for hydroxylation is 1. The fraction of sp³-hybridized carbons (Fsp3) is 0.510. The van der Waals surface area contributed by atoms with Gasteiger partial charge in [0, 0.05) is 60.7 Å². The molecule has 0 fully saturated rings. The van der Waals surface area contributed by atoms with E-state index in [9.17, 15) is 46.7 Å². The molecule has 0 radical (unpaired) electrons. The SMILES string of the molecule is CC[C@@]1(O)C(=O)OC(CCCOCNC(=O)CNC(=O)[C@H](CCCCN(C)C)NC(=O)[C@@H](NC(=O)CCCC#Cc2cnc(S(C)(=O)=O)nc2)C(C)C)c2c1cc1n(c2=O)Cc2cc3cc(C)c(F)cc3nc2-1. The number of aromatic nitrogens is 4. The van der Waals surface area contributed by atoms with Gasteiger partial charge in [0.2, 0.25) is 38.6 Å². The third-order valence-electron chi connectivity index (χ3n) is 12.6. The predicted octanol–water partition coefficient (Wildman–Crippen LogP) is 2.83. The molecule has 4 amide bonds. The molecule has 1 unspecified atom stereocenters. The summed E-state index contributed by atoms with van der Waals surface area (Å²) in [4.78, 5) is 94.6. The van der Waals surface area contributed by atoms with Crippen LogP contribution in [0, 0.1) is 30.5 Å². The van der Waals surface area contributed by atoms with E-state index in [0.717, 1.165) is 24.8 Å². The van der Waals surface area contributed by atoms with E-state index in [0.29, 0.717) is 59.1 Å². The predicted molar refractivity (Wildman–Crippen MR) is 266 cm³/mol. The Labute approximate surface area is 423 Å². The monoisotopic (exact) mass is 1030 g/mol. The number of hydrogen-bond acceptors (Lipinski definition) is 15. The van der Waals surface area contributed by atoms with E-state index in [1.807, 2.05) is 25.1 Å². The number of sulfone groups is 1. The van der Waals surface area contributed by atoms with Crippen molar-refractivity contribution in [3.05, 3.63) is 80.6 Å². The maximum Gasteiger partial charge on any atom is 0.343 e.